The molecule has 0 saturated carbocycles. The Kier molecular flexibility index (Phi) is 5.43. The van der Waals surface area contributed by atoms with Crippen LogP contribution in [0.2, 0.25) is 5.02 Å². The molecule has 10 heteroatoms. The number of halogens is 2. The summed E-state index contributed by atoms with van der Waals surface area (Å²) in [6.07, 6.45) is 0. The van der Waals surface area contributed by atoms with Gasteiger partial charge in [-0.1, -0.05) is 11.6 Å². The zero-order valence-electron chi connectivity index (χ0n) is 17.2. The average molecular weight is 479 g/mol. The van der Waals surface area contributed by atoms with Crippen molar-refractivity contribution in [1.29, 1.82) is 0 Å². The fourth-order valence-corrected chi connectivity index (χ4v) is 5.74. The Morgan fingerprint density at radius 2 is 2.03 bits per heavy atom. The highest BCUT2D eigenvalue weighted by atomic mass is 35.5. The molecule has 1 aromatic heterocycles. The molecule has 32 heavy (non-hydrogen) atoms. The minimum Gasteiger partial charge on any atom is -0.382 e. The highest BCUT2D eigenvalue weighted by Gasteiger charge is 2.34. The number of rotatable bonds is 4. The summed E-state index contributed by atoms with van der Waals surface area (Å²) < 4.78 is 40.5. The van der Waals surface area contributed by atoms with Gasteiger partial charge in [0.1, 0.15) is 11.6 Å². The standard InChI is InChI=1S/C22H24ClFN4O3S/c23-15-1-3-18-17(8-15)19(26-11-22(25)12-31-13-22)9-21(27-18)28-5-6-32(29,30)20-4-2-16(24)7-14(20)10-28/h1-4,7-9,29-30H,5-6,10-13,25H2,(H,26,27). The van der Waals surface area contributed by atoms with Gasteiger partial charge >= 0.3 is 0 Å². The SMILES string of the molecule is NC1(CNc2cc(N3CCS(O)(O)c4ccc(F)cc4C3)nc3ccc(Cl)cc23)COC1. The molecular weight excluding hydrogens is 455 g/mol. The van der Waals surface area contributed by atoms with Gasteiger partial charge in [-0.25, -0.2) is 9.37 Å². The van der Waals surface area contributed by atoms with Crippen LogP contribution in [0.25, 0.3) is 10.9 Å². The second-order valence-corrected chi connectivity index (χ2v) is 11.1. The van der Waals surface area contributed by atoms with E-state index in [-0.39, 0.29) is 5.75 Å². The molecule has 7 nitrogen and oxygen atoms in total. The van der Waals surface area contributed by atoms with Crippen LogP contribution in [0.3, 0.4) is 0 Å². The smallest absolute Gasteiger partial charge is 0.131 e. The van der Waals surface area contributed by atoms with Crippen molar-refractivity contribution in [3.63, 3.8) is 0 Å². The van der Waals surface area contributed by atoms with E-state index in [0.29, 0.717) is 54.1 Å². The Morgan fingerprint density at radius 3 is 2.78 bits per heavy atom. The van der Waals surface area contributed by atoms with Crippen molar-refractivity contribution >= 4 is 44.6 Å². The third-order valence-corrected chi connectivity index (χ3v) is 7.96. The van der Waals surface area contributed by atoms with Gasteiger partial charge in [0.15, 0.2) is 0 Å². The number of hydrogen-bond donors (Lipinski definition) is 4. The highest BCUT2D eigenvalue weighted by Crippen LogP contribution is 2.51. The largest absolute Gasteiger partial charge is 0.382 e. The van der Waals surface area contributed by atoms with Gasteiger partial charge in [0.2, 0.25) is 0 Å². The van der Waals surface area contributed by atoms with Crippen molar-refractivity contribution in [1.82, 2.24) is 4.98 Å². The molecule has 2 aliphatic rings. The van der Waals surface area contributed by atoms with Gasteiger partial charge < -0.3 is 20.7 Å². The van der Waals surface area contributed by atoms with Gasteiger partial charge in [0.25, 0.3) is 0 Å². The summed E-state index contributed by atoms with van der Waals surface area (Å²) in [5.41, 5.74) is 7.97. The number of fused-ring (bicyclic) bond motifs is 2. The summed E-state index contributed by atoms with van der Waals surface area (Å²) in [7, 11) is -3.02. The summed E-state index contributed by atoms with van der Waals surface area (Å²) in [5, 5.41) is 4.87. The number of ether oxygens (including phenoxy) is 1. The molecule has 1 saturated heterocycles. The molecule has 0 aliphatic carbocycles. The van der Waals surface area contributed by atoms with Crippen LogP contribution in [0.4, 0.5) is 15.9 Å². The second kappa shape index (κ2) is 8.02. The topological polar surface area (TPSA) is 104 Å². The summed E-state index contributed by atoms with van der Waals surface area (Å²) in [5.74, 6) is 0.364. The molecule has 5 rings (SSSR count). The number of benzene rings is 2. The van der Waals surface area contributed by atoms with Crippen molar-refractivity contribution in [2.75, 3.05) is 42.3 Å². The summed E-state index contributed by atoms with van der Waals surface area (Å²) in [6.45, 7) is 2.17. The van der Waals surface area contributed by atoms with Gasteiger partial charge in [0.05, 0.1) is 34.9 Å². The molecule has 3 aromatic rings. The van der Waals surface area contributed by atoms with Crippen LogP contribution in [-0.2, 0) is 11.3 Å². The zero-order chi connectivity index (χ0) is 22.5. The third kappa shape index (κ3) is 4.12. The van der Waals surface area contributed by atoms with Crippen molar-refractivity contribution in [2.45, 2.75) is 17.0 Å². The maximum Gasteiger partial charge on any atom is 0.131 e. The molecule has 0 radical (unpaired) electrons. The van der Waals surface area contributed by atoms with E-state index in [1.54, 1.807) is 6.07 Å². The number of nitrogens with two attached hydrogens (primary N) is 1. The highest BCUT2D eigenvalue weighted by molar-refractivity contribution is 8.24. The Labute approximate surface area is 191 Å². The van der Waals surface area contributed by atoms with Gasteiger partial charge in [-0.15, -0.1) is 0 Å². The van der Waals surface area contributed by atoms with Crippen LogP contribution in [0.5, 0.6) is 0 Å². The predicted molar refractivity (Wildman–Crippen MR) is 126 cm³/mol. The fourth-order valence-electron chi connectivity index (χ4n) is 4.05. The van der Waals surface area contributed by atoms with E-state index in [9.17, 15) is 13.5 Å². The van der Waals surface area contributed by atoms with Crippen LogP contribution in [0, 0.1) is 5.82 Å². The molecule has 2 aliphatic heterocycles. The monoisotopic (exact) mass is 478 g/mol. The van der Waals surface area contributed by atoms with Crippen molar-refractivity contribution < 1.29 is 18.2 Å². The van der Waals surface area contributed by atoms with Gasteiger partial charge in [0, 0.05) is 41.8 Å². The lowest BCUT2D eigenvalue weighted by molar-refractivity contribution is -0.0461. The van der Waals surface area contributed by atoms with Crippen LogP contribution in [0.15, 0.2) is 47.4 Å². The number of nitrogens with zero attached hydrogens (tertiary/aromatic N) is 2. The minimum atomic E-state index is -3.02. The lowest BCUT2D eigenvalue weighted by atomic mass is 9.99. The van der Waals surface area contributed by atoms with Gasteiger partial charge in [-0.05, 0) is 42.0 Å². The number of nitrogens with one attached hydrogen (secondary N) is 1. The Balaban J connectivity index is 1.54. The summed E-state index contributed by atoms with van der Waals surface area (Å²) in [6, 6.07) is 11.5. The van der Waals surface area contributed by atoms with E-state index in [1.165, 1.54) is 18.2 Å². The summed E-state index contributed by atoms with van der Waals surface area (Å²) >= 11 is 6.23. The maximum absolute atomic E-state index is 13.9. The first-order chi connectivity index (χ1) is 15.2. The maximum atomic E-state index is 13.9. The van der Waals surface area contributed by atoms with Crippen LogP contribution in [-0.4, -0.2) is 51.7 Å². The molecule has 5 N–H and O–H groups in total. The van der Waals surface area contributed by atoms with Crippen LogP contribution < -0.4 is 16.0 Å². The molecular formula is C22H24ClFN4O3S. The lowest BCUT2D eigenvalue weighted by Crippen LogP contribution is -2.61. The zero-order valence-corrected chi connectivity index (χ0v) is 18.8. The number of pyridine rings is 1. The third-order valence-electron chi connectivity index (χ3n) is 5.87. The Morgan fingerprint density at radius 1 is 1.22 bits per heavy atom. The lowest BCUT2D eigenvalue weighted by Gasteiger charge is -2.38. The van der Waals surface area contributed by atoms with E-state index in [0.717, 1.165) is 16.6 Å². The van der Waals surface area contributed by atoms with Gasteiger partial charge in [-0.3, -0.25) is 9.11 Å². The fraction of sp³-hybridized carbons (Fsp3) is 0.318. The van der Waals surface area contributed by atoms with E-state index >= 15 is 0 Å². The predicted octanol–water partition coefficient (Wildman–Crippen LogP) is 4.30. The molecule has 0 spiro atoms. The Hall–Kier alpha value is -2.14. The van der Waals surface area contributed by atoms with Crippen LogP contribution >= 0.6 is 22.2 Å². The molecule has 2 aromatic carbocycles. The van der Waals surface area contributed by atoms with E-state index < -0.39 is 21.9 Å². The summed E-state index contributed by atoms with van der Waals surface area (Å²) in [4.78, 5) is 7.11. The molecule has 3 heterocycles. The normalized spacial score (nSPS) is 20.2. The molecule has 1 fully saturated rings. The number of hydrogen-bond acceptors (Lipinski definition) is 7. The van der Waals surface area contributed by atoms with Crippen molar-refractivity contribution in [3.8, 4) is 0 Å². The molecule has 170 valence electrons. The second-order valence-electron chi connectivity index (χ2n) is 8.44. The number of anilines is 2. The molecule has 0 amide bonds. The van der Waals surface area contributed by atoms with E-state index in [1.807, 2.05) is 23.1 Å². The molecule has 0 atom stereocenters. The van der Waals surface area contributed by atoms with E-state index in [4.69, 9.17) is 27.1 Å². The first-order valence-electron chi connectivity index (χ1n) is 10.2. The Bertz CT molecular complexity index is 1190. The molecule has 0 unspecified atom stereocenters. The average Bonchev–Trinajstić information content (AvgIpc) is 2.86. The van der Waals surface area contributed by atoms with Gasteiger partial charge in [-0.2, -0.15) is 10.6 Å². The minimum absolute atomic E-state index is 0.137. The number of aromatic nitrogens is 1. The van der Waals surface area contributed by atoms with Crippen LogP contribution in [0.1, 0.15) is 5.56 Å². The quantitative estimate of drug-likeness (QED) is 0.443. The molecule has 0 bridgehead atoms. The first-order valence-corrected chi connectivity index (χ1v) is 12.3. The van der Waals surface area contributed by atoms with Crippen molar-refractivity contribution in [3.05, 3.63) is 58.9 Å². The first kappa shape index (κ1) is 21.7. The van der Waals surface area contributed by atoms with E-state index in [2.05, 4.69) is 5.32 Å². The van der Waals surface area contributed by atoms with Crippen molar-refractivity contribution in [2.24, 2.45) is 5.73 Å².